The maximum Gasteiger partial charge on any atom is 0.283 e. The first-order valence-electron chi connectivity index (χ1n) is 11.0. The Morgan fingerprint density at radius 2 is 1.94 bits per heavy atom. The maximum absolute atomic E-state index is 13.4. The van der Waals surface area contributed by atoms with E-state index in [0.717, 1.165) is 16.7 Å². The van der Waals surface area contributed by atoms with E-state index in [0.29, 0.717) is 41.1 Å². The van der Waals surface area contributed by atoms with E-state index < -0.39 is 0 Å². The summed E-state index contributed by atoms with van der Waals surface area (Å²) < 4.78 is 10.8. The SMILES string of the molecule is C=C(C)CN(CC)C(=O)CSC1=N/C(=C/c2ccc3c(c2)OCO3)C(=O)N1c1ccc(C)cc1. The van der Waals surface area contributed by atoms with Crippen LogP contribution < -0.4 is 14.4 Å². The topological polar surface area (TPSA) is 71.4 Å². The summed E-state index contributed by atoms with van der Waals surface area (Å²) in [7, 11) is 0. The Labute approximate surface area is 203 Å². The molecule has 2 heterocycles. The second-order valence-electron chi connectivity index (χ2n) is 8.17. The number of aryl methyl sites for hydroxylation is 1. The lowest BCUT2D eigenvalue weighted by Crippen LogP contribution is -2.35. The third kappa shape index (κ3) is 5.17. The second-order valence-corrected chi connectivity index (χ2v) is 9.11. The zero-order valence-electron chi connectivity index (χ0n) is 19.5. The van der Waals surface area contributed by atoms with Gasteiger partial charge in [0.05, 0.1) is 11.4 Å². The fourth-order valence-electron chi connectivity index (χ4n) is 3.60. The molecule has 0 radical (unpaired) electrons. The van der Waals surface area contributed by atoms with Crippen molar-refractivity contribution in [2.75, 3.05) is 30.5 Å². The molecule has 7 nitrogen and oxygen atoms in total. The molecule has 2 amide bonds. The molecule has 0 saturated carbocycles. The van der Waals surface area contributed by atoms with Crippen molar-refractivity contribution in [2.24, 2.45) is 4.99 Å². The zero-order chi connectivity index (χ0) is 24.2. The lowest BCUT2D eigenvalue weighted by Gasteiger charge is -2.22. The Morgan fingerprint density at radius 1 is 1.21 bits per heavy atom. The number of hydrogen-bond donors (Lipinski definition) is 0. The number of ether oxygens (including phenoxy) is 2. The van der Waals surface area contributed by atoms with E-state index in [1.807, 2.05) is 63.2 Å². The fraction of sp³-hybridized carbons (Fsp3) is 0.269. The van der Waals surface area contributed by atoms with Gasteiger partial charge in [-0.2, -0.15) is 0 Å². The van der Waals surface area contributed by atoms with Gasteiger partial charge in [0.25, 0.3) is 5.91 Å². The highest BCUT2D eigenvalue weighted by Crippen LogP contribution is 2.34. The summed E-state index contributed by atoms with van der Waals surface area (Å²) in [6.07, 6.45) is 1.72. The number of amides is 2. The van der Waals surface area contributed by atoms with Crippen LogP contribution in [0.3, 0.4) is 0 Å². The molecule has 4 rings (SSSR count). The Balaban J connectivity index is 1.61. The molecule has 2 aromatic rings. The molecule has 0 aliphatic carbocycles. The number of rotatable bonds is 7. The lowest BCUT2D eigenvalue weighted by molar-refractivity contribution is -0.127. The first kappa shape index (κ1) is 23.6. The van der Waals surface area contributed by atoms with Gasteiger partial charge in [0.1, 0.15) is 5.70 Å². The number of likely N-dealkylation sites (N-methyl/N-ethyl adjacent to an activating group) is 1. The minimum absolute atomic E-state index is 0.0253. The van der Waals surface area contributed by atoms with Crippen LogP contribution in [0, 0.1) is 6.92 Å². The molecule has 2 aliphatic heterocycles. The van der Waals surface area contributed by atoms with Crippen molar-refractivity contribution in [3.8, 4) is 11.5 Å². The minimum Gasteiger partial charge on any atom is -0.454 e. The van der Waals surface area contributed by atoms with E-state index >= 15 is 0 Å². The smallest absolute Gasteiger partial charge is 0.283 e. The molecule has 0 spiro atoms. The molecule has 0 saturated heterocycles. The molecule has 176 valence electrons. The van der Waals surface area contributed by atoms with Gasteiger partial charge in [-0.1, -0.05) is 47.7 Å². The average molecular weight is 478 g/mol. The summed E-state index contributed by atoms with van der Waals surface area (Å²) in [6.45, 7) is 11.0. The van der Waals surface area contributed by atoms with Gasteiger partial charge in [-0.15, -0.1) is 0 Å². The Bertz CT molecular complexity index is 1190. The van der Waals surface area contributed by atoms with Crippen molar-refractivity contribution in [3.63, 3.8) is 0 Å². The number of hydrogen-bond acceptors (Lipinski definition) is 6. The number of thioether (sulfide) groups is 1. The summed E-state index contributed by atoms with van der Waals surface area (Å²) in [6, 6.07) is 13.1. The Morgan fingerprint density at radius 3 is 2.65 bits per heavy atom. The zero-order valence-corrected chi connectivity index (χ0v) is 20.4. The van der Waals surface area contributed by atoms with Crippen molar-refractivity contribution in [3.05, 3.63) is 71.4 Å². The van der Waals surface area contributed by atoms with Gasteiger partial charge in [-0.05, 0) is 56.7 Å². The highest BCUT2D eigenvalue weighted by molar-refractivity contribution is 8.14. The van der Waals surface area contributed by atoms with Gasteiger partial charge in [0, 0.05) is 13.1 Å². The molecule has 2 aliphatic rings. The van der Waals surface area contributed by atoms with E-state index in [9.17, 15) is 9.59 Å². The van der Waals surface area contributed by atoms with E-state index in [1.165, 1.54) is 11.8 Å². The molecule has 8 heteroatoms. The van der Waals surface area contributed by atoms with E-state index in [-0.39, 0.29) is 24.4 Å². The molecule has 0 unspecified atom stereocenters. The fourth-order valence-corrected chi connectivity index (χ4v) is 4.51. The first-order chi connectivity index (χ1) is 16.4. The van der Waals surface area contributed by atoms with Crippen LogP contribution in [0.2, 0.25) is 0 Å². The predicted octanol–water partition coefficient (Wildman–Crippen LogP) is 4.63. The molecule has 0 aromatic heterocycles. The van der Waals surface area contributed by atoms with Crippen molar-refractivity contribution < 1.29 is 19.1 Å². The largest absolute Gasteiger partial charge is 0.454 e. The Hall–Kier alpha value is -3.52. The predicted molar refractivity (Wildman–Crippen MR) is 136 cm³/mol. The minimum atomic E-state index is -0.245. The van der Waals surface area contributed by atoms with Crippen LogP contribution in [0.5, 0.6) is 11.5 Å². The number of nitrogens with zero attached hydrogens (tertiary/aromatic N) is 3. The molecule has 0 fully saturated rings. The number of benzene rings is 2. The summed E-state index contributed by atoms with van der Waals surface area (Å²) in [5.74, 6) is 1.21. The number of amidine groups is 1. The highest BCUT2D eigenvalue weighted by Gasteiger charge is 2.32. The maximum atomic E-state index is 13.4. The summed E-state index contributed by atoms with van der Waals surface area (Å²) in [5.41, 5.74) is 3.79. The van der Waals surface area contributed by atoms with Crippen LogP contribution >= 0.6 is 11.8 Å². The quantitative estimate of drug-likeness (QED) is 0.430. The number of carbonyl (C=O) groups excluding carboxylic acids is 2. The Kier molecular flexibility index (Phi) is 7.07. The molecular formula is C26H27N3O4S. The van der Waals surface area contributed by atoms with Gasteiger partial charge in [0.2, 0.25) is 12.7 Å². The van der Waals surface area contributed by atoms with Gasteiger partial charge in [0.15, 0.2) is 16.7 Å². The van der Waals surface area contributed by atoms with E-state index in [4.69, 9.17) is 9.47 Å². The summed E-state index contributed by atoms with van der Waals surface area (Å²) in [4.78, 5) is 34.1. The van der Waals surface area contributed by atoms with Crippen LogP contribution in [0.25, 0.3) is 6.08 Å². The first-order valence-corrected chi connectivity index (χ1v) is 12.0. The van der Waals surface area contributed by atoms with Gasteiger partial charge in [-0.3, -0.25) is 14.5 Å². The average Bonchev–Trinajstić information content (AvgIpc) is 3.40. The monoisotopic (exact) mass is 477 g/mol. The van der Waals surface area contributed by atoms with Crippen molar-refractivity contribution in [1.82, 2.24) is 4.90 Å². The van der Waals surface area contributed by atoms with Crippen molar-refractivity contribution in [2.45, 2.75) is 20.8 Å². The van der Waals surface area contributed by atoms with Crippen LogP contribution in [0.1, 0.15) is 25.0 Å². The second kappa shape index (κ2) is 10.2. The molecule has 0 atom stereocenters. The van der Waals surface area contributed by atoms with Crippen molar-refractivity contribution >= 4 is 40.5 Å². The van der Waals surface area contributed by atoms with Gasteiger partial charge >= 0.3 is 0 Å². The standard InChI is InChI=1S/C26H27N3O4S/c1-5-28(14-17(2)3)24(30)15-34-26-27-21(12-19-8-11-22-23(13-19)33-16-32-22)25(31)29(26)20-9-6-18(4)7-10-20/h6-13H,2,5,14-16H2,1,3-4H3/b21-12+. The van der Waals surface area contributed by atoms with Crippen molar-refractivity contribution in [1.29, 1.82) is 0 Å². The van der Waals surface area contributed by atoms with Crippen LogP contribution in [-0.2, 0) is 9.59 Å². The summed E-state index contributed by atoms with van der Waals surface area (Å²) >= 11 is 1.26. The third-order valence-electron chi connectivity index (χ3n) is 5.34. The van der Waals surface area contributed by atoms with Gasteiger partial charge < -0.3 is 14.4 Å². The van der Waals surface area contributed by atoms with Gasteiger partial charge in [-0.25, -0.2) is 4.99 Å². The lowest BCUT2D eigenvalue weighted by atomic mass is 10.1. The van der Waals surface area contributed by atoms with Crippen LogP contribution in [-0.4, -0.2) is 47.5 Å². The number of carbonyl (C=O) groups is 2. The number of fused-ring (bicyclic) bond motifs is 1. The summed E-state index contributed by atoms with van der Waals surface area (Å²) in [5, 5.41) is 0.473. The number of anilines is 1. The molecule has 34 heavy (non-hydrogen) atoms. The van der Waals surface area contributed by atoms with Crippen LogP contribution in [0.15, 0.2) is 65.3 Å². The third-order valence-corrected chi connectivity index (χ3v) is 6.27. The molecule has 0 bridgehead atoms. The molecule has 2 aromatic carbocycles. The molecule has 0 N–H and O–H groups in total. The normalized spacial score (nSPS) is 15.6. The van der Waals surface area contributed by atoms with Crippen LogP contribution in [0.4, 0.5) is 5.69 Å². The van der Waals surface area contributed by atoms with E-state index in [1.54, 1.807) is 15.9 Å². The van der Waals surface area contributed by atoms with E-state index in [2.05, 4.69) is 11.6 Å². The highest BCUT2D eigenvalue weighted by atomic mass is 32.2. The molecular weight excluding hydrogens is 450 g/mol. The number of aliphatic imine (C=N–C) groups is 1.